The number of phosphoric ester groups is 1. The van der Waals surface area contributed by atoms with Crippen molar-refractivity contribution in [3.8, 4) is 0 Å². The number of phosphoric acid groups is 3. The maximum atomic E-state index is 14.2. The van der Waals surface area contributed by atoms with Crippen LogP contribution in [-0.4, -0.2) is 48.0 Å². The van der Waals surface area contributed by atoms with Crippen molar-refractivity contribution in [1.82, 2.24) is 9.55 Å². The van der Waals surface area contributed by atoms with E-state index in [0.717, 1.165) is 4.57 Å². The minimum atomic E-state index is -5.70. The van der Waals surface area contributed by atoms with Crippen molar-refractivity contribution in [3.63, 3.8) is 0 Å². The van der Waals surface area contributed by atoms with E-state index >= 15 is 0 Å². The highest BCUT2D eigenvalue weighted by atomic mass is 32.1. The summed E-state index contributed by atoms with van der Waals surface area (Å²) in [7, 11) is -16.6. The molecule has 0 aliphatic carbocycles. The smallest absolute Gasteiger partial charge is 0.349 e. The zero-order chi connectivity index (χ0) is 22.2. The molecule has 1 aliphatic rings. The van der Waals surface area contributed by atoms with Gasteiger partial charge in [0.25, 0.3) is 5.56 Å². The monoisotopic (exact) mass is 504 g/mol. The molecule has 0 radical (unpaired) electrons. The van der Waals surface area contributed by atoms with Crippen LogP contribution in [0.15, 0.2) is 11.0 Å². The van der Waals surface area contributed by atoms with Gasteiger partial charge in [-0.25, -0.2) is 18.1 Å². The molecule has 1 saturated heterocycles. The molecule has 0 spiro atoms. The maximum absolute atomic E-state index is 14.2. The van der Waals surface area contributed by atoms with Gasteiger partial charge < -0.3 is 24.3 Å². The number of aromatic amines is 1. The molecule has 166 valence electrons. The molecule has 0 bridgehead atoms. The Balaban J connectivity index is 2.02. The number of H-pyrrole nitrogens is 1. The summed E-state index contributed by atoms with van der Waals surface area (Å²) >= 11 is 4.78. The van der Waals surface area contributed by atoms with Crippen molar-refractivity contribution < 1.29 is 59.9 Å². The van der Waals surface area contributed by atoms with Gasteiger partial charge in [0.2, 0.25) is 5.82 Å². The Morgan fingerprint density at radius 1 is 1.24 bits per heavy atom. The van der Waals surface area contributed by atoms with Gasteiger partial charge >= 0.3 is 23.5 Å². The van der Waals surface area contributed by atoms with Crippen molar-refractivity contribution in [2.75, 3.05) is 6.61 Å². The number of nitrogens with one attached hydrogen (secondary N) is 1. The van der Waals surface area contributed by atoms with E-state index in [9.17, 15) is 32.2 Å². The van der Waals surface area contributed by atoms with Crippen LogP contribution in [0.1, 0.15) is 12.6 Å². The molecular formula is C9H13F2N2O12P3S. The molecular weight excluding hydrogens is 491 g/mol. The normalized spacial score (nSPS) is 26.8. The summed E-state index contributed by atoms with van der Waals surface area (Å²) in [5, 5.41) is 0. The van der Waals surface area contributed by atoms with Crippen LogP contribution >= 0.6 is 35.7 Å². The van der Waals surface area contributed by atoms with Crippen molar-refractivity contribution in [1.29, 1.82) is 0 Å². The van der Waals surface area contributed by atoms with E-state index in [0.29, 0.717) is 6.20 Å². The number of ether oxygens (including phenoxy) is 1. The van der Waals surface area contributed by atoms with E-state index in [1.165, 1.54) is 0 Å². The second-order valence-corrected chi connectivity index (χ2v) is 10.2. The van der Waals surface area contributed by atoms with Crippen LogP contribution < -0.4 is 5.56 Å². The third-order valence-corrected chi connectivity index (χ3v) is 7.28. The molecule has 0 aromatic carbocycles. The lowest BCUT2D eigenvalue weighted by Crippen LogP contribution is -2.23. The second-order valence-electron chi connectivity index (χ2n) is 5.43. The van der Waals surface area contributed by atoms with Gasteiger partial charge in [-0.3, -0.25) is 18.9 Å². The summed E-state index contributed by atoms with van der Waals surface area (Å²) in [4.78, 5) is 48.3. The Morgan fingerprint density at radius 2 is 1.86 bits per heavy atom. The van der Waals surface area contributed by atoms with E-state index in [2.05, 4.69) is 13.1 Å². The Kier molecular flexibility index (Phi) is 7.49. The number of alkyl halides is 1. The SMILES string of the molecule is O=c1[nH]c(=S)n([C@@H]2O[C@H](COP(=O)(O)OP(=O)(O)OP(=O)(O)O)C[C@@H]2F)cc1F. The van der Waals surface area contributed by atoms with Crippen molar-refractivity contribution in [3.05, 3.63) is 27.1 Å². The largest absolute Gasteiger partial charge is 0.490 e. The number of halogens is 2. The molecule has 0 saturated carbocycles. The van der Waals surface area contributed by atoms with Crippen LogP contribution in [-0.2, 0) is 31.6 Å². The first-order chi connectivity index (χ1) is 13.1. The Morgan fingerprint density at radius 3 is 2.45 bits per heavy atom. The van der Waals surface area contributed by atoms with Crippen LogP contribution in [0.3, 0.4) is 0 Å². The number of hydrogen-bond acceptors (Lipinski definition) is 9. The van der Waals surface area contributed by atoms with E-state index in [-0.39, 0.29) is 4.77 Å². The fraction of sp³-hybridized carbons (Fsp3) is 0.556. The number of rotatable bonds is 8. The van der Waals surface area contributed by atoms with Gasteiger partial charge in [0.1, 0.15) is 6.17 Å². The number of aromatic nitrogens is 2. The molecule has 1 aliphatic heterocycles. The average molecular weight is 504 g/mol. The van der Waals surface area contributed by atoms with Gasteiger partial charge in [0, 0.05) is 6.42 Å². The van der Waals surface area contributed by atoms with Gasteiger partial charge in [0.15, 0.2) is 11.0 Å². The average Bonchev–Trinajstić information content (AvgIpc) is 2.86. The first-order valence-electron chi connectivity index (χ1n) is 7.17. The topological polar surface area (TPSA) is 207 Å². The zero-order valence-electron chi connectivity index (χ0n) is 13.7. The minimum Gasteiger partial charge on any atom is -0.349 e. The fourth-order valence-corrected chi connectivity index (χ4v) is 5.48. The van der Waals surface area contributed by atoms with Crippen molar-refractivity contribution in [2.24, 2.45) is 0 Å². The minimum absolute atomic E-state index is 0.363. The molecule has 2 rings (SSSR count). The first-order valence-corrected chi connectivity index (χ1v) is 12.1. The quantitative estimate of drug-likeness (QED) is 0.248. The van der Waals surface area contributed by atoms with Gasteiger partial charge in [0.05, 0.1) is 18.9 Å². The van der Waals surface area contributed by atoms with Crippen LogP contribution in [0.25, 0.3) is 0 Å². The van der Waals surface area contributed by atoms with Gasteiger partial charge in [-0.15, -0.1) is 0 Å². The van der Waals surface area contributed by atoms with Crippen LogP contribution in [0.4, 0.5) is 8.78 Å². The van der Waals surface area contributed by atoms with Crippen molar-refractivity contribution in [2.45, 2.75) is 24.9 Å². The lowest BCUT2D eigenvalue weighted by atomic mass is 10.2. The van der Waals surface area contributed by atoms with Crippen LogP contribution in [0.2, 0.25) is 0 Å². The zero-order valence-corrected chi connectivity index (χ0v) is 17.2. The maximum Gasteiger partial charge on any atom is 0.490 e. The standard InChI is InChI=1S/C9H13F2N2O12P3S/c10-5-1-4(23-8(5)13-2-6(11)7(14)12-9(13)29)3-22-27(18,19)25-28(20,21)24-26(15,16)17/h2,4-5,8H,1,3H2,(H,18,19)(H,20,21)(H,12,14,29)(H2,15,16,17)/t4-,5-,8+/m0/s1. The van der Waals surface area contributed by atoms with Crippen LogP contribution in [0, 0.1) is 10.6 Å². The van der Waals surface area contributed by atoms with Gasteiger partial charge in [-0.05, 0) is 12.2 Å². The third kappa shape index (κ3) is 7.21. The van der Waals surface area contributed by atoms with Gasteiger partial charge in [-0.1, -0.05) is 0 Å². The Bertz CT molecular complexity index is 1020. The predicted molar refractivity (Wildman–Crippen MR) is 89.1 cm³/mol. The molecule has 2 heterocycles. The summed E-state index contributed by atoms with van der Waals surface area (Å²) in [5.74, 6) is -1.27. The molecule has 1 aromatic heterocycles. The van der Waals surface area contributed by atoms with E-state index in [1.54, 1.807) is 0 Å². The van der Waals surface area contributed by atoms with Gasteiger partial charge in [-0.2, -0.15) is 13.0 Å². The Hall–Kier alpha value is -0.670. The van der Waals surface area contributed by atoms with E-state index < -0.39 is 66.4 Å². The third-order valence-electron chi connectivity index (χ3n) is 3.17. The highest BCUT2D eigenvalue weighted by Crippen LogP contribution is 2.66. The first kappa shape index (κ1) is 24.6. The summed E-state index contributed by atoms with van der Waals surface area (Å²) < 4.78 is 77.9. The van der Waals surface area contributed by atoms with E-state index in [1.807, 2.05) is 4.98 Å². The molecule has 1 fully saturated rings. The molecule has 1 aromatic rings. The van der Waals surface area contributed by atoms with E-state index in [4.69, 9.17) is 31.6 Å². The highest BCUT2D eigenvalue weighted by molar-refractivity contribution is 7.71. The summed E-state index contributed by atoms with van der Waals surface area (Å²) in [5.41, 5.74) is -1.14. The lowest BCUT2D eigenvalue weighted by Gasteiger charge is -2.19. The highest BCUT2D eigenvalue weighted by Gasteiger charge is 2.43. The molecule has 14 nitrogen and oxygen atoms in total. The summed E-state index contributed by atoms with van der Waals surface area (Å²) in [6, 6.07) is 0. The molecule has 5 N–H and O–H groups in total. The lowest BCUT2D eigenvalue weighted by molar-refractivity contribution is -0.0383. The molecule has 2 unspecified atom stereocenters. The number of hydrogen-bond donors (Lipinski definition) is 5. The number of nitrogens with zero attached hydrogens (tertiary/aromatic N) is 1. The second kappa shape index (κ2) is 8.83. The van der Waals surface area contributed by atoms with Crippen LogP contribution in [0.5, 0.6) is 0 Å². The van der Waals surface area contributed by atoms with Crippen molar-refractivity contribution >= 4 is 35.7 Å². The fourth-order valence-electron chi connectivity index (χ4n) is 2.18. The summed E-state index contributed by atoms with van der Waals surface area (Å²) in [6.07, 6.45) is -4.45. The molecule has 29 heavy (non-hydrogen) atoms. The summed E-state index contributed by atoms with van der Waals surface area (Å²) in [6.45, 7) is -0.889. The molecule has 0 amide bonds. The predicted octanol–water partition coefficient (Wildman–Crippen LogP) is 1.01. The molecule has 20 heteroatoms. The Labute approximate surface area is 164 Å². The molecule has 5 atom stereocenters.